The van der Waals surface area contributed by atoms with Crippen LogP contribution < -0.4 is 0 Å². The Balaban J connectivity index is 2.17. The van der Waals surface area contributed by atoms with Crippen molar-refractivity contribution in [3.63, 3.8) is 0 Å². The Bertz CT molecular complexity index is 414. The predicted octanol–water partition coefficient (Wildman–Crippen LogP) is 2.58. The fourth-order valence-electron chi connectivity index (χ4n) is 2.68. The van der Waals surface area contributed by atoms with Crippen molar-refractivity contribution in [3.8, 4) is 5.75 Å². The van der Waals surface area contributed by atoms with E-state index < -0.39 is 0 Å². The van der Waals surface area contributed by atoms with Gasteiger partial charge in [0.1, 0.15) is 5.75 Å². The molecule has 18 heavy (non-hydrogen) atoms. The minimum absolute atomic E-state index is 0.0308. The zero-order valence-corrected chi connectivity index (χ0v) is 10.8. The average Bonchev–Trinajstić information content (AvgIpc) is 2.41. The summed E-state index contributed by atoms with van der Waals surface area (Å²) in [4.78, 5) is 18.1. The lowest BCUT2D eigenvalue weighted by atomic mass is 9.93. The number of aromatic hydroxyl groups is 1. The van der Waals surface area contributed by atoms with Gasteiger partial charge in [-0.25, -0.2) is 0 Å². The zero-order valence-electron chi connectivity index (χ0n) is 10.8. The quantitative estimate of drug-likeness (QED) is 0.894. The number of pyridine rings is 1. The van der Waals surface area contributed by atoms with Crippen LogP contribution in [0.5, 0.6) is 5.75 Å². The largest absolute Gasteiger partial charge is 0.505 e. The van der Waals surface area contributed by atoms with Crippen LogP contribution >= 0.6 is 0 Å². The van der Waals surface area contributed by atoms with Gasteiger partial charge in [0.2, 0.25) is 0 Å². The van der Waals surface area contributed by atoms with Gasteiger partial charge < -0.3 is 10.0 Å². The van der Waals surface area contributed by atoms with Crippen LogP contribution in [0.4, 0.5) is 0 Å². The summed E-state index contributed by atoms with van der Waals surface area (Å²) in [6, 6.07) is 1.91. The monoisotopic (exact) mass is 248 g/mol. The summed E-state index contributed by atoms with van der Waals surface area (Å²) < 4.78 is 0. The van der Waals surface area contributed by atoms with Crippen LogP contribution in [0.2, 0.25) is 0 Å². The normalized spacial score (nSPS) is 16.5. The minimum atomic E-state index is -0.0794. The fourth-order valence-corrected chi connectivity index (χ4v) is 2.68. The van der Waals surface area contributed by atoms with Crippen molar-refractivity contribution < 1.29 is 9.90 Å². The van der Waals surface area contributed by atoms with Crippen molar-refractivity contribution in [2.45, 2.75) is 45.1 Å². The second-order valence-corrected chi connectivity index (χ2v) is 4.78. The van der Waals surface area contributed by atoms with E-state index in [2.05, 4.69) is 4.98 Å². The highest BCUT2D eigenvalue weighted by molar-refractivity contribution is 5.96. The van der Waals surface area contributed by atoms with Gasteiger partial charge in [-0.05, 0) is 25.8 Å². The van der Waals surface area contributed by atoms with E-state index in [1.165, 1.54) is 25.5 Å². The van der Waals surface area contributed by atoms with Crippen LogP contribution in [0, 0.1) is 0 Å². The van der Waals surface area contributed by atoms with E-state index in [-0.39, 0.29) is 11.7 Å². The summed E-state index contributed by atoms with van der Waals surface area (Å²) in [6.07, 6.45) is 8.66. The van der Waals surface area contributed by atoms with E-state index in [9.17, 15) is 9.90 Å². The standard InChI is InChI=1S/C14H20N2O2/c1-2-16(11-6-4-3-5-7-11)14(18)12-8-9-15-10-13(12)17/h8-11,17H,2-7H2,1H3. The molecule has 0 bridgehead atoms. The van der Waals surface area contributed by atoms with E-state index >= 15 is 0 Å². The summed E-state index contributed by atoms with van der Waals surface area (Å²) in [5, 5.41) is 9.71. The summed E-state index contributed by atoms with van der Waals surface area (Å²) in [6.45, 7) is 2.68. The Morgan fingerprint density at radius 2 is 2.17 bits per heavy atom. The Kier molecular flexibility index (Phi) is 4.18. The Morgan fingerprint density at radius 3 is 2.78 bits per heavy atom. The van der Waals surface area contributed by atoms with Gasteiger partial charge >= 0.3 is 0 Å². The number of amides is 1. The van der Waals surface area contributed by atoms with Gasteiger partial charge in [-0.15, -0.1) is 0 Å². The molecule has 0 radical (unpaired) electrons. The molecule has 0 aliphatic heterocycles. The summed E-state index contributed by atoms with van der Waals surface area (Å²) in [5.41, 5.74) is 0.359. The molecule has 1 fully saturated rings. The molecule has 1 aromatic rings. The molecule has 1 N–H and O–H groups in total. The highest BCUT2D eigenvalue weighted by Crippen LogP contribution is 2.25. The van der Waals surface area contributed by atoms with Crippen LogP contribution in [0.3, 0.4) is 0 Å². The number of nitrogens with zero attached hydrogens (tertiary/aromatic N) is 2. The Hall–Kier alpha value is -1.58. The third kappa shape index (κ3) is 2.63. The topological polar surface area (TPSA) is 53.4 Å². The molecule has 0 unspecified atom stereocenters. The molecule has 1 aromatic heterocycles. The van der Waals surface area contributed by atoms with Crippen molar-refractivity contribution in [1.82, 2.24) is 9.88 Å². The summed E-state index contributed by atoms with van der Waals surface area (Å²) in [7, 11) is 0. The number of aromatic nitrogens is 1. The molecule has 4 nitrogen and oxygen atoms in total. The average molecular weight is 248 g/mol. The maximum atomic E-state index is 12.4. The lowest BCUT2D eigenvalue weighted by Crippen LogP contribution is -2.41. The van der Waals surface area contributed by atoms with Gasteiger partial charge in [-0.1, -0.05) is 19.3 Å². The molecule has 98 valence electrons. The van der Waals surface area contributed by atoms with Gasteiger partial charge in [0, 0.05) is 18.8 Å². The van der Waals surface area contributed by atoms with Crippen molar-refractivity contribution in [1.29, 1.82) is 0 Å². The van der Waals surface area contributed by atoms with Gasteiger partial charge in [-0.2, -0.15) is 0 Å². The van der Waals surface area contributed by atoms with E-state index in [0.29, 0.717) is 18.2 Å². The van der Waals surface area contributed by atoms with Crippen molar-refractivity contribution in [2.75, 3.05) is 6.54 Å². The molecule has 0 atom stereocenters. The highest BCUT2D eigenvalue weighted by Gasteiger charge is 2.26. The zero-order chi connectivity index (χ0) is 13.0. The number of hydrogen-bond acceptors (Lipinski definition) is 3. The number of carbonyl (C=O) groups excluding carboxylic acids is 1. The maximum Gasteiger partial charge on any atom is 0.257 e. The third-order valence-corrected chi connectivity index (χ3v) is 3.65. The first-order valence-corrected chi connectivity index (χ1v) is 6.68. The van der Waals surface area contributed by atoms with Gasteiger partial charge in [-0.3, -0.25) is 9.78 Å². The summed E-state index contributed by atoms with van der Waals surface area (Å²) in [5.74, 6) is -0.110. The van der Waals surface area contributed by atoms with E-state index in [4.69, 9.17) is 0 Å². The molecule has 1 amide bonds. The van der Waals surface area contributed by atoms with Gasteiger partial charge in [0.05, 0.1) is 11.8 Å². The molecule has 4 heteroatoms. The molecule has 0 spiro atoms. The van der Waals surface area contributed by atoms with Crippen LogP contribution in [0.25, 0.3) is 0 Å². The molecule has 2 rings (SSSR count). The SMILES string of the molecule is CCN(C(=O)c1ccncc1O)C1CCCCC1. The van der Waals surface area contributed by atoms with Crippen LogP contribution in [0.1, 0.15) is 49.4 Å². The van der Waals surface area contributed by atoms with E-state index in [1.807, 2.05) is 11.8 Å². The van der Waals surface area contributed by atoms with Gasteiger partial charge in [0.25, 0.3) is 5.91 Å². The minimum Gasteiger partial charge on any atom is -0.505 e. The van der Waals surface area contributed by atoms with E-state index in [1.54, 1.807) is 12.3 Å². The second kappa shape index (κ2) is 5.85. The third-order valence-electron chi connectivity index (χ3n) is 3.65. The molecular formula is C14H20N2O2. The predicted molar refractivity (Wildman–Crippen MR) is 69.5 cm³/mol. The Morgan fingerprint density at radius 1 is 1.44 bits per heavy atom. The van der Waals surface area contributed by atoms with Gasteiger partial charge in [0.15, 0.2) is 0 Å². The van der Waals surface area contributed by atoms with Crippen molar-refractivity contribution >= 4 is 5.91 Å². The summed E-state index contributed by atoms with van der Waals surface area (Å²) >= 11 is 0. The van der Waals surface area contributed by atoms with Crippen LogP contribution in [0.15, 0.2) is 18.5 Å². The molecule has 1 heterocycles. The number of rotatable bonds is 3. The first-order chi connectivity index (χ1) is 8.74. The molecule has 1 aliphatic carbocycles. The first kappa shape index (κ1) is 12.9. The van der Waals surface area contributed by atoms with Crippen molar-refractivity contribution in [3.05, 3.63) is 24.0 Å². The van der Waals surface area contributed by atoms with E-state index in [0.717, 1.165) is 12.8 Å². The molecule has 0 aromatic carbocycles. The molecule has 0 saturated heterocycles. The van der Waals surface area contributed by atoms with Crippen LogP contribution in [-0.2, 0) is 0 Å². The lowest BCUT2D eigenvalue weighted by molar-refractivity contribution is 0.0645. The number of carbonyl (C=O) groups is 1. The first-order valence-electron chi connectivity index (χ1n) is 6.68. The second-order valence-electron chi connectivity index (χ2n) is 4.78. The molecular weight excluding hydrogens is 228 g/mol. The van der Waals surface area contributed by atoms with Crippen molar-refractivity contribution in [2.24, 2.45) is 0 Å². The lowest BCUT2D eigenvalue weighted by Gasteiger charge is -2.33. The maximum absolute atomic E-state index is 12.4. The van der Waals surface area contributed by atoms with Crippen LogP contribution in [-0.4, -0.2) is 33.5 Å². The molecule has 1 saturated carbocycles. The smallest absolute Gasteiger partial charge is 0.257 e. The highest BCUT2D eigenvalue weighted by atomic mass is 16.3. The molecule has 1 aliphatic rings. The Labute approximate surface area is 108 Å². The fraction of sp³-hybridized carbons (Fsp3) is 0.571. The number of hydrogen-bond donors (Lipinski definition) is 1.